The maximum atomic E-state index is 13.3. The highest BCUT2D eigenvalue weighted by Gasteiger charge is 2.21. The molecule has 0 bridgehead atoms. The Labute approximate surface area is 98.0 Å². The first-order chi connectivity index (χ1) is 8.06. The van der Waals surface area contributed by atoms with Crippen LogP contribution in [0.5, 0.6) is 0 Å². The van der Waals surface area contributed by atoms with Crippen molar-refractivity contribution < 1.29 is 13.6 Å². The van der Waals surface area contributed by atoms with Crippen LogP contribution in [0.1, 0.15) is 25.7 Å². The van der Waals surface area contributed by atoms with Crippen LogP contribution in [0.3, 0.4) is 0 Å². The van der Waals surface area contributed by atoms with Crippen LogP contribution in [0.4, 0.5) is 20.2 Å². The first kappa shape index (κ1) is 11.8. The molecule has 0 aliphatic heterocycles. The van der Waals surface area contributed by atoms with Crippen LogP contribution in [0.25, 0.3) is 0 Å². The molecule has 92 valence electrons. The first-order valence-corrected chi connectivity index (χ1v) is 5.60. The third-order valence-electron chi connectivity index (χ3n) is 3.06. The average Bonchev–Trinajstić information content (AvgIpc) is 2.20. The van der Waals surface area contributed by atoms with E-state index in [4.69, 9.17) is 5.73 Å². The second-order valence-corrected chi connectivity index (χ2v) is 4.40. The van der Waals surface area contributed by atoms with Crippen molar-refractivity contribution in [2.45, 2.75) is 25.7 Å². The Balaban J connectivity index is 2.02. The number of rotatable bonds is 3. The molecule has 0 unspecified atom stereocenters. The number of hydrogen-bond acceptors (Lipinski definition) is 2. The van der Waals surface area contributed by atoms with E-state index in [2.05, 4.69) is 5.32 Å². The Morgan fingerprint density at radius 2 is 2.06 bits per heavy atom. The minimum Gasteiger partial charge on any atom is -0.396 e. The molecular weight excluding hydrogens is 226 g/mol. The molecule has 1 saturated carbocycles. The van der Waals surface area contributed by atoms with Gasteiger partial charge >= 0.3 is 0 Å². The fourth-order valence-corrected chi connectivity index (χ4v) is 1.82. The standard InChI is InChI=1S/C12H14F2N2O/c13-8-5-9(14)11(6-10(8)15)16-12(17)4-7-2-1-3-7/h5-7H,1-4,15H2,(H,16,17). The lowest BCUT2D eigenvalue weighted by Gasteiger charge is -2.24. The molecule has 1 amide bonds. The van der Waals surface area contributed by atoms with E-state index in [1.165, 1.54) is 0 Å². The fourth-order valence-electron chi connectivity index (χ4n) is 1.82. The molecule has 5 heteroatoms. The maximum Gasteiger partial charge on any atom is 0.224 e. The second kappa shape index (κ2) is 4.69. The van der Waals surface area contributed by atoms with Gasteiger partial charge in [-0.15, -0.1) is 0 Å². The normalized spacial score (nSPS) is 15.4. The van der Waals surface area contributed by atoms with E-state index in [-0.39, 0.29) is 17.3 Å². The molecule has 0 heterocycles. The van der Waals surface area contributed by atoms with Gasteiger partial charge in [0.05, 0.1) is 11.4 Å². The molecule has 0 aromatic heterocycles. The Hall–Kier alpha value is -1.65. The van der Waals surface area contributed by atoms with Crippen LogP contribution in [0.2, 0.25) is 0 Å². The first-order valence-electron chi connectivity index (χ1n) is 5.60. The molecule has 1 fully saturated rings. The van der Waals surface area contributed by atoms with Crippen molar-refractivity contribution in [3.63, 3.8) is 0 Å². The van der Waals surface area contributed by atoms with E-state index in [9.17, 15) is 13.6 Å². The van der Waals surface area contributed by atoms with E-state index in [1.807, 2.05) is 0 Å². The molecular formula is C12H14F2N2O. The highest BCUT2D eigenvalue weighted by Crippen LogP contribution is 2.30. The summed E-state index contributed by atoms with van der Waals surface area (Å²) in [4.78, 5) is 11.6. The van der Waals surface area contributed by atoms with Crippen LogP contribution >= 0.6 is 0 Å². The van der Waals surface area contributed by atoms with Gasteiger partial charge in [0, 0.05) is 12.5 Å². The zero-order chi connectivity index (χ0) is 12.4. The Morgan fingerprint density at radius 1 is 1.35 bits per heavy atom. The topological polar surface area (TPSA) is 55.1 Å². The lowest BCUT2D eigenvalue weighted by Crippen LogP contribution is -2.21. The molecule has 2 rings (SSSR count). The quantitative estimate of drug-likeness (QED) is 0.798. The zero-order valence-corrected chi connectivity index (χ0v) is 9.30. The minimum atomic E-state index is -0.820. The summed E-state index contributed by atoms with van der Waals surface area (Å²) in [6.45, 7) is 0. The van der Waals surface area contributed by atoms with E-state index in [1.54, 1.807) is 0 Å². The average molecular weight is 240 g/mol. The molecule has 1 aliphatic carbocycles. The van der Waals surface area contributed by atoms with Crippen molar-refractivity contribution in [2.24, 2.45) is 5.92 Å². The Bertz CT molecular complexity index is 444. The number of nitrogens with one attached hydrogen (secondary N) is 1. The molecule has 3 N–H and O–H groups in total. The monoisotopic (exact) mass is 240 g/mol. The molecule has 3 nitrogen and oxygen atoms in total. The predicted octanol–water partition coefficient (Wildman–Crippen LogP) is 2.68. The van der Waals surface area contributed by atoms with Gasteiger partial charge < -0.3 is 11.1 Å². The number of carbonyl (C=O) groups excluding carboxylic acids is 1. The summed E-state index contributed by atoms with van der Waals surface area (Å²) in [5.74, 6) is -1.48. The number of amides is 1. The number of carbonyl (C=O) groups is 1. The predicted molar refractivity (Wildman–Crippen MR) is 61.4 cm³/mol. The van der Waals surface area contributed by atoms with E-state index in [0.717, 1.165) is 25.3 Å². The van der Waals surface area contributed by atoms with Gasteiger partial charge in [-0.05, 0) is 24.8 Å². The van der Waals surface area contributed by atoms with E-state index >= 15 is 0 Å². The van der Waals surface area contributed by atoms with Crippen molar-refractivity contribution in [2.75, 3.05) is 11.1 Å². The zero-order valence-electron chi connectivity index (χ0n) is 9.30. The van der Waals surface area contributed by atoms with E-state index < -0.39 is 11.6 Å². The third-order valence-corrected chi connectivity index (χ3v) is 3.06. The van der Waals surface area contributed by atoms with Crippen molar-refractivity contribution in [3.8, 4) is 0 Å². The number of nitrogen functional groups attached to an aromatic ring is 1. The number of anilines is 2. The maximum absolute atomic E-state index is 13.3. The van der Waals surface area contributed by atoms with Crippen LogP contribution in [-0.2, 0) is 4.79 Å². The van der Waals surface area contributed by atoms with Gasteiger partial charge in [0.2, 0.25) is 5.91 Å². The van der Waals surface area contributed by atoms with Crippen LogP contribution in [0.15, 0.2) is 12.1 Å². The van der Waals surface area contributed by atoms with Crippen molar-refractivity contribution >= 4 is 17.3 Å². The molecule has 0 atom stereocenters. The van der Waals surface area contributed by atoms with Gasteiger partial charge in [-0.25, -0.2) is 8.78 Å². The van der Waals surface area contributed by atoms with Gasteiger partial charge in [0.15, 0.2) is 0 Å². The van der Waals surface area contributed by atoms with Gasteiger partial charge in [-0.3, -0.25) is 4.79 Å². The summed E-state index contributed by atoms with van der Waals surface area (Å²) in [5.41, 5.74) is 5.07. The number of halogens is 2. The lowest BCUT2D eigenvalue weighted by atomic mass is 9.83. The molecule has 1 aromatic rings. The fraction of sp³-hybridized carbons (Fsp3) is 0.417. The molecule has 0 radical (unpaired) electrons. The highest BCUT2D eigenvalue weighted by atomic mass is 19.1. The summed E-state index contributed by atoms with van der Waals surface area (Å²) < 4.78 is 26.2. The summed E-state index contributed by atoms with van der Waals surface area (Å²) in [6, 6.07) is 1.78. The lowest BCUT2D eigenvalue weighted by molar-refractivity contribution is -0.117. The number of nitrogens with two attached hydrogens (primary N) is 1. The van der Waals surface area contributed by atoms with Crippen LogP contribution in [0, 0.1) is 17.6 Å². The third kappa shape index (κ3) is 2.72. The second-order valence-electron chi connectivity index (χ2n) is 4.40. The van der Waals surface area contributed by atoms with Gasteiger partial charge in [-0.2, -0.15) is 0 Å². The molecule has 1 aromatic carbocycles. The highest BCUT2D eigenvalue weighted by molar-refractivity contribution is 5.91. The van der Waals surface area contributed by atoms with Gasteiger partial charge in [-0.1, -0.05) is 6.42 Å². The van der Waals surface area contributed by atoms with Crippen molar-refractivity contribution in [1.29, 1.82) is 0 Å². The van der Waals surface area contributed by atoms with Crippen LogP contribution in [-0.4, -0.2) is 5.91 Å². The Kier molecular flexibility index (Phi) is 3.26. The molecule has 0 saturated heterocycles. The SMILES string of the molecule is Nc1cc(NC(=O)CC2CCC2)c(F)cc1F. The largest absolute Gasteiger partial charge is 0.396 e. The smallest absolute Gasteiger partial charge is 0.224 e. The van der Waals surface area contributed by atoms with Crippen molar-refractivity contribution in [3.05, 3.63) is 23.8 Å². The molecule has 17 heavy (non-hydrogen) atoms. The van der Waals surface area contributed by atoms with Gasteiger partial charge in [0.1, 0.15) is 11.6 Å². The van der Waals surface area contributed by atoms with Gasteiger partial charge in [0.25, 0.3) is 0 Å². The van der Waals surface area contributed by atoms with Crippen LogP contribution < -0.4 is 11.1 Å². The minimum absolute atomic E-state index is 0.0618. The molecule has 0 spiro atoms. The number of hydrogen-bond donors (Lipinski definition) is 2. The number of benzene rings is 1. The van der Waals surface area contributed by atoms with Crippen molar-refractivity contribution in [1.82, 2.24) is 0 Å². The van der Waals surface area contributed by atoms with E-state index in [0.29, 0.717) is 18.4 Å². The Morgan fingerprint density at radius 3 is 2.65 bits per heavy atom. The summed E-state index contributed by atoms with van der Waals surface area (Å²) in [5, 5.41) is 2.42. The summed E-state index contributed by atoms with van der Waals surface area (Å²) in [7, 11) is 0. The summed E-state index contributed by atoms with van der Waals surface area (Å²) in [6.07, 6.45) is 3.62. The summed E-state index contributed by atoms with van der Waals surface area (Å²) >= 11 is 0. The molecule has 1 aliphatic rings.